The number of nitrogens with one attached hydrogen (secondary N) is 1. The van der Waals surface area contributed by atoms with Gasteiger partial charge < -0.3 is 29.3 Å². The van der Waals surface area contributed by atoms with Gasteiger partial charge in [-0.2, -0.15) is 10.2 Å². The lowest BCUT2D eigenvalue weighted by Crippen LogP contribution is -2.56. The Morgan fingerprint density at radius 3 is 2.56 bits per heavy atom. The number of amides is 3. The minimum atomic E-state index is -0.936. The Bertz CT molecular complexity index is 1190. The Kier molecular flexibility index (Phi) is 9.64. The fourth-order valence-electron chi connectivity index (χ4n) is 4.34. The molecule has 0 aliphatic carbocycles. The normalized spacial score (nSPS) is 17.7. The van der Waals surface area contributed by atoms with Gasteiger partial charge in [-0.15, -0.1) is 0 Å². The standard InChI is InChI=1S/C27H32N6O6/c1-2-38-27(36)33-14-12-32(13-15-33)26(35)21(9-6-11-28)30-25(34)22-17-23(39-20-10-16-37-18-20)31-24(29-22)19-7-4-3-5-8-19/h3-5,7-8,17,20-21H,2,6,9-10,12-16,18H2,1H3,(H,30,34)/t20-,21-/m0/s1. The molecule has 1 aromatic heterocycles. The van der Waals surface area contributed by atoms with E-state index in [1.807, 2.05) is 36.4 Å². The van der Waals surface area contributed by atoms with Crippen molar-refractivity contribution >= 4 is 17.9 Å². The van der Waals surface area contributed by atoms with Gasteiger partial charge in [0.05, 0.1) is 25.9 Å². The van der Waals surface area contributed by atoms with Crippen molar-refractivity contribution < 1.29 is 28.6 Å². The van der Waals surface area contributed by atoms with E-state index in [0.29, 0.717) is 57.2 Å². The molecule has 2 aromatic rings. The number of rotatable bonds is 9. The second-order valence-electron chi connectivity index (χ2n) is 9.12. The number of nitrogens with zero attached hydrogens (tertiary/aromatic N) is 5. The van der Waals surface area contributed by atoms with E-state index in [0.717, 1.165) is 0 Å². The first-order chi connectivity index (χ1) is 19.0. The molecule has 39 heavy (non-hydrogen) atoms. The zero-order chi connectivity index (χ0) is 27.6. The number of nitriles is 1. The SMILES string of the molecule is CCOC(=O)N1CCN(C(=O)[C@H](CCC#N)NC(=O)c2cc(O[C@H]3CCOC3)nc(-c3ccccc3)n2)CC1. The van der Waals surface area contributed by atoms with Gasteiger partial charge in [0.15, 0.2) is 5.82 Å². The molecule has 4 rings (SSSR count). The summed E-state index contributed by atoms with van der Waals surface area (Å²) >= 11 is 0. The number of aromatic nitrogens is 2. The van der Waals surface area contributed by atoms with E-state index in [-0.39, 0.29) is 43.0 Å². The quantitative estimate of drug-likeness (QED) is 0.508. The first kappa shape index (κ1) is 27.8. The number of benzene rings is 1. The van der Waals surface area contributed by atoms with Crippen molar-refractivity contribution in [1.82, 2.24) is 25.1 Å². The zero-order valence-electron chi connectivity index (χ0n) is 21.9. The Balaban J connectivity index is 1.50. The van der Waals surface area contributed by atoms with Gasteiger partial charge in [0.1, 0.15) is 17.8 Å². The van der Waals surface area contributed by atoms with E-state index in [1.165, 1.54) is 6.07 Å². The summed E-state index contributed by atoms with van der Waals surface area (Å²) in [7, 11) is 0. The first-order valence-corrected chi connectivity index (χ1v) is 13.1. The van der Waals surface area contributed by atoms with Crippen molar-refractivity contribution in [3.05, 3.63) is 42.1 Å². The number of hydrogen-bond donors (Lipinski definition) is 1. The van der Waals surface area contributed by atoms with Crippen LogP contribution >= 0.6 is 0 Å². The highest BCUT2D eigenvalue weighted by atomic mass is 16.6. The summed E-state index contributed by atoms with van der Waals surface area (Å²) in [6.07, 6.45) is 0.324. The molecular weight excluding hydrogens is 504 g/mol. The Labute approximate surface area is 226 Å². The largest absolute Gasteiger partial charge is 0.472 e. The van der Waals surface area contributed by atoms with E-state index in [1.54, 1.807) is 16.7 Å². The molecule has 206 valence electrons. The fraction of sp³-hybridized carbons (Fsp3) is 0.481. The lowest BCUT2D eigenvalue weighted by Gasteiger charge is -2.35. The van der Waals surface area contributed by atoms with Gasteiger partial charge in [0.25, 0.3) is 5.91 Å². The van der Waals surface area contributed by atoms with Crippen molar-refractivity contribution in [2.45, 2.75) is 38.3 Å². The number of hydrogen-bond acceptors (Lipinski definition) is 9. The Hall–Kier alpha value is -4.24. The van der Waals surface area contributed by atoms with Gasteiger partial charge in [-0.1, -0.05) is 30.3 Å². The summed E-state index contributed by atoms with van der Waals surface area (Å²) in [5, 5.41) is 11.9. The molecule has 2 aliphatic heterocycles. The molecular formula is C27H32N6O6. The first-order valence-electron chi connectivity index (χ1n) is 13.1. The van der Waals surface area contributed by atoms with Gasteiger partial charge in [0.2, 0.25) is 11.8 Å². The second kappa shape index (κ2) is 13.5. The molecule has 0 bridgehead atoms. The van der Waals surface area contributed by atoms with Gasteiger partial charge in [0, 0.05) is 50.7 Å². The van der Waals surface area contributed by atoms with Crippen molar-refractivity contribution in [3.63, 3.8) is 0 Å². The lowest BCUT2D eigenvalue weighted by atomic mass is 10.1. The topological polar surface area (TPSA) is 147 Å². The molecule has 0 radical (unpaired) electrons. The average Bonchev–Trinajstić information content (AvgIpc) is 3.48. The number of ether oxygens (including phenoxy) is 3. The van der Waals surface area contributed by atoms with Crippen LogP contribution in [0.3, 0.4) is 0 Å². The molecule has 1 aromatic carbocycles. The molecule has 12 heteroatoms. The van der Waals surface area contributed by atoms with E-state index in [9.17, 15) is 14.4 Å². The number of piperazine rings is 1. The average molecular weight is 537 g/mol. The van der Waals surface area contributed by atoms with Crippen molar-refractivity contribution in [2.75, 3.05) is 46.0 Å². The molecule has 2 saturated heterocycles. The summed E-state index contributed by atoms with van der Waals surface area (Å²) < 4.78 is 16.4. The summed E-state index contributed by atoms with van der Waals surface area (Å²) in [5.74, 6) is -0.353. The minimum absolute atomic E-state index is 0.0413. The van der Waals surface area contributed by atoms with E-state index in [2.05, 4.69) is 15.3 Å². The maximum Gasteiger partial charge on any atom is 0.409 e. The van der Waals surface area contributed by atoms with Crippen LogP contribution < -0.4 is 10.1 Å². The molecule has 0 unspecified atom stereocenters. The predicted molar refractivity (Wildman–Crippen MR) is 139 cm³/mol. The van der Waals surface area contributed by atoms with Crippen LogP contribution in [0.5, 0.6) is 5.88 Å². The summed E-state index contributed by atoms with van der Waals surface area (Å²) in [6.45, 7) is 4.26. The second-order valence-corrected chi connectivity index (χ2v) is 9.12. The van der Waals surface area contributed by atoms with Crippen LogP contribution in [-0.2, 0) is 14.3 Å². The highest BCUT2D eigenvalue weighted by molar-refractivity contribution is 5.96. The molecule has 0 spiro atoms. The van der Waals surface area contributed by atoms with Gasteiger partial charge >= 0.3 is 6.09 Å². The monoisotopic (exact) mass is 536 g/mol. The van der Waals surface area contributed by atoms with E-state index >= 15 is 0 Å². The molecule has 2 fully saturated rings. The molecule has 12 nitrogen and oxygen atoms in total. The molecule has 2 aliphatic rings. The van der Waals surface area contributed by atoms with Crippen molar-refractivity contribution in [2.24, 2.45) is 0 Å². The van der Waals surface area contributed by atoms with Crippen LogP contribution in [0, 0.1) is 11.3 Å². The van der Waals surface area contributed by atoms with Gasteiger partial charge in [-0.05, 0) is 13.3 Å². The number of carbonyl (C=O) groups excluding carboxylic acids is 3. The van der Waals surface area contributed by atoms with Gasteiger partial charge in [-0.25, -0.2) is 9.78 Å². The molecule has 3 amide bonds. The third-order valence-corrected chi connectivity index (χ3v) is 6.41. The van der Waals surface area contributed by atoms with Gasteiger partial charge in [-0.3, -0.25) is 9.59 Å². The third kappa shape index (κ3) is 7.42. The number of carbonyl (C=O) groups is 3. The highest BCUT2D eigenvalue weighted by Gasteiger charge is 2.31. The third-order valence-electron chi connectivity index (χ3n) is 6.41. The smallest absolute Gasteiger partial charge is 0.409 e. The van der Waals surface area contributed by atoms with Crippen LogP contribution in [0.15, 0.2) is 36.4 Å². The highest BCUT2D eigenvalue weighted by Crippen LogP contribution is 2.22. The van der Waals surface area contributed by atoms with Crippen molar-refractivity contribution in [1.29, 1.82) is 5.26 Å². The summed E-state index contributed by atoms with van der Waals surface area (Å²) in [5.41, 5.74) is 0.746. The van der Waals surface area contributed by atoms with E-state index in [4.69, 9.17) is 19.5 Å². The van der Waals surface area contributed by atoms with Crippen LogP contribution in [0.4, 0.5) is 4.79 Å². The summed E-state index contributed by atoms with van der Waals surface area (Å²) in [4.78, 5) is 50.8. The predicted octanol–water partition coefficient (Wildman–Crippen LogP) is 2.01. The zero-order valence-corrected chi connectivity index (χ0v) is 21.9. The summed E-state index contributed by atoms with van der Waals surface area (Å²) in [6, 6.07) is 11.8. The molecule has 2 atom stereocenters. The maximum atomic E-state index is 13.4. The lowest BCUT2D eigenvalue weighted by molar-refractivity contribution is -0.135. The van der Waals surface area contributed by atoms with Crippen LogP contribution in [0.2, 0.25) is 0 Å². The van der Waals surface area contributed by atoms with Crippen LogP contribution in [0.25, 0.3) is 11.4 Å². The van der Waals surface area contributed by atoms with E-state index < -0.39 is 18.0 Å². The minimum Gasteiger partial charge on any atom is -0.472 e. The Morgan fingerprint density at radius 2 is 1.90 bits per heavy atom. The molecule has 0 saturated carbocycles. The van der Waals surface area contributed by atoms with Crippen LogP contribution in [0.1, 0.15) is 36.7 Å². The maximum absolute atomic E-state index is 13.4. The van der Waals surface area contributed by atoms with Crippen molar-refractivity contribution in [3.8, 4) is 23.3 Å². The fourth-order valence-corrected chi connectivity index (χ4v) is 4.34. The molecule has 1 N–H and O–H groups in total. The Morgan fingerprint density at radius 1 is 1.15 bits per heavy atom. The molecule has 3 heterocycles. The van der Waals surface area contributed by atoms with Crippen LogP contribution in [-0.4, -0.2) is 95.8 Å².